The first-order valence-electron chi connectivity index (χ1n) is 10.3. The van der Waals surface area contributed by atoms with Crippen molar-refractivity contribution >= 4 is 11.6 Å². The fourth-order valence-electron chi connectivity index (χ4n) is 3.06. The number of nitrogens with one attached hydrogen (secondary N) is 2. The van der Waals surface area contributed by atoms with E-state index in [-0.39, 0.29) is 11.9 Å². The lowest BCUT2D eigenvalue weighted by Crippen LogP contribution is -2.45. The minimum atomic E-state index is -0.388. The van der Waals surface area contributed by atoms with Gasteiger partial charge in [-0.2, -0.15) is 0 Å². The third kappa shape index (κ3) is 6.17. The summed E-state index contributed by atoms with van der Waals surface area (Å²) >= 11 is 0. The van der Waals surface area contributed by atoms with Gasteiger partial charge in [0.15, 0.2) is 0 Å². The predicted molar refractivity (Wildman–Crippen MR) is 118 cm³/mol. The van der Waals surface area contributed by atoms with Gasteiger partial charge in [-0.25, -0.2) is 0 Å². The van der Waals surface area contributed by atoms with Crippen LogP contribution in [0, 0.1) is 0 Å². The van der Waals surface area contributed by atoms with Crippen LogP contribution in [0.1, 0.15) is 18.4 Å². The topological polar surface area (TPSA) is 59.6 Å². The molecule has 3 aromatic rings. The molecule has 0 aromatic heterocycles. The van der Waals surface area contributed by atoms with Crippen molar-refractivity contribution in [1.82, 2.24) is 5.32 Å². The summed E-state index contributed by atoms with van der Waals surface area (Å²) in [6.07, 6.45) is 2.21. The zero-order valence-corrected chi connectivity index (χ0v) is 16.8. The highest BCUT2D eigenvalue weighted by molar-refractivity contribution is 5.95. The summed E-state index contributed by atoms with van der Waals surface area (Å²) < 4.78 is 11.6. The fraction of sp³-hybridized carbons (Fsp3) is 0.240. The number of carbonyl (C=O) groups excluding carboxylic acids is 1. The number of hydrogen-bond acceptors (Lipinski definition) is 4. The zero-order chi connectivity index (χ0) is 20.6. The highest BCUT2D eigenvalue weighted by atomic mass is 16.5. The average molecular weight is 402 g/mol. The summed E-state index contributed by atoms with van der Waals surface area (Å²) in [7, 11) is 0. The maximum Gasteiger partial charge on any atom is 0.243 e. The molecule has 1 aliphatic rings. The maximum atomic E-state index is 12.8. The molecule has 2 N–H and O–H groups in total. The Kier molecular flexibility index (Phi) is 6.75. The van der Waals surface area contributed by atoms with Crippen LogP contribution in [-0.2, 0) is 16.1 Å². The molecule has 1 fully saturated rings. The first kappa shape index (κ1) is 20.1. The molecule has 0 aliphatic heterocycles. The second-order valence-electron chi connectivity index (χ2n) is 7.42. The van der Waals surface area contributed by atoms with Crippen LogP contribution < -0.4 is 15.4 Å². The van der Waals surface area contributed by atoms with E-state index in [1.54, 1.807) is 0 Å². The van der Waals surface area contributed by atoms with Crippen molar-refractivity contribution in [3.63, 3.8) is 0 Å². The van der Waals surface area contributed by atoms with Crippen LogP contribution in [-0.4, -0.2) is 24.6 Å². The number of carbonyl (C=O) groups is 1. The molecule has 5 heteroatoms. The van der Waals surface area contributed by atoms with E-state index >= 15 is 0 Å². The Bertz CT molecular complexity index is 926. The van der Waals surface area contributed by atoms with Gasteiger partial charge in [0.05, 0.1) is 13.2 Å². The first-order chi connectivity index (χ1) is 14.8. The molecule has 0 bridgehead atoms. The lowest BCUT2D eigenvalue weighted by molar-refractivity contribution is -0.119. The van der Waals surface area contributed by atoms with E-state index < -0.39 is 0 Å². The fourth-order valence-corrected chi connectivity index (χ4v) is 3.06. The van der Waals surface area contributed by atoms with Gasteiger partial charge in [-0.05, 0) is 54.8 Å². The van der Waals surface area contributed by atoms with Crippen LogP contribution in [0.5, 0.6) is 11.5 Å². The summed E-state index contributed by atoms with van der Waals surface area (Å²) in [5.41, 5.74) is 1.82. The van der Waals surface area contributed by atoms with Crippen LogP contribution in [0.4, 0.5) is 5.69 Å². The van der Waals surface area contributed by atoms with Gasteiger partial charge in [0.25, 0.3) is 0 Å². The lowest BCUT2D eigenvalue weighted by atomic mass is 10.2. The van der Waals surface area contributed by atoms with Crippen molar-refractivity contribution in [1.29, 1.82) is 0 Å². The van der Waals surface area contributed by atoms with Gasteiger partial charge in [0.1, 0.15) is 17.5 Å². The van der Waals surface area contributed by atoms with Crippen LogP contribution in [0.25, 0.3) is 0 Å². The Labute approximate surface area is 177 Å². The summed E-state index contributed by atoms with van der Waals surface area (Å²) in [4.78, 5) is 12.8. The van der Waals surface area contributed by atoms with Gasteiger partial charge in [-0.1, -0.05) is 48.5 Å². The largest absolute Gasteiger partial charge is 0.457 e. The smallest absolute Gasteiger partial charge is 0.243 e. The molecule has 1 aliphatic carbocycles. The van der Waals surface area contributed by atoms with E-state index in [0.29, 0.717) is 19.3 Å². The van der Waals surface area contributed by atoms with Gasteiger partial charge < -0.3 is 20.1 Å². The van der Waals surface area contributed by atoms with E-state index in [4.69, 9.17) is 9.47 Å². The first-order valence-corrected chi connectivity index (χ1v) is 10.3. The number of anilines is 1. The molecule has 1 saturated carbocycles. The molecule has 1 atom stereocenters. The monoisotopic (exact) mass is 402 g/mol. The second kappa shape index (κ2) is 10.1. The van der Waals surface area contributed by atoms with Crippen molar-refractivity contribution < 1.29 is 14.3 Å². The molecule has 154 valence electrons. The molecule has 0 saturated heterocycles. The molecule has 30 heavy (non-hydrogen) atoms. The van der Waals surface area contributed by atoms with E-state index in [1.165, 1.54) is 0 Å². The Balaban J connectivity index is 1.31. The molecule has 1 unspecified atom stereocenters. The third-order valence-corrected chi connectivity index (χ3v) is 4.83. The molecule has 5 nitrogen and oxygen atoms in total. The Hall–Kier alpha value is -3.15. The predicted octanol–water partition coefficient (Wildman–Crippen LogP) is 4.75. The molecule has 0 radical (unpaired) electrons. The molecule has 0 heterocycles. The number of amides is 1. The number of ether oxygens (including phenoxy) is 2. The number of para-hydroxylation sites is 1. The van der Waals surface area contributed by atoms with Crippen LogP contribution in [0.2, 0.25) is 0 Å². The second-order valence-corrected chi connectivity index (χ2v) is 7.42. The lowest BCUT2D eigenvalue weighted by Gasteiger charge is -2.18. The Morgan fingerprint density at radius 2 is 1.50 bits per heavy atom. The Morgan fingerprint density at radius 1 is 0.867 bits per heavy atom. The van der Waals surface area contributed by atoms with Crippen molar-refractivity contribution in [3.05, 3.63) is 90.5 Å². The quantitative estimate of drug-likeness (QED) is 0.514. The van der Waals surface area contributed by atoms with E-state index in [2.05, 4.69) is 10.6 Å². The molecule has 3 aromatic carbocycles. The Morgan fingerprint density at radius 3 is 2.17 bits per heavy atom. The van der Waals surface area contributed by atoms with Gasteiger partial charge in [0.2, 0.25) is 5.91 Å². The minimum Gasteiger partial charge on any atom is -0.457 e. The molecular weight excluding hydrogens is 376 g/mol. The van der Waals surface area contributed by atoms with Crippen molar-refractivity contribution in [2.24, 2.45) is 0 Å². The van der Waals surface area contributed by atoms with Crippen LogP contribution in [0.3, 0.4) is 0 Å². The third-order valence-electron chi connectivity index (χ3n) is 4.83. The van der Waals surface area contributed by atoms with Gasteiger partial charge >= 0.3 is 0 Å². The highest BCUT2D eigenvalue weighted by Crippen LogP contribution is 2.23. The van der Waals surface area contributed by atoms with E-state index in [9.17, 15) is 4.79 Å². The van der Waals surface area contributed by atoms with Gasteiger partial charge in [-0.15, -0.1) is 0 Å². The SMILES string of the molecule is O=C(Nc1ccc(Oc2ccccc2)cc1)C(COCc1ccccc1)NC1CC1. The van der Waals surface area contributed by atoms with Gasteiger partial charge in [-0.3, -0.25) is 4.79 Å². The summed E-state index contributed by atoms with van der Waals surface area (Å²) in [6.45, 7) is 0.814. The summed E-state index contributed by atoms with van der Waals surface area (Å²) in [6, 6.07) is 27.0. The highest BCUT2D eigenvalue weighted by Gasteiger charge is 2.28. The van der Waals surface area contributed by atoms with Crippen LogP contribution in [0.15, 0.2) is 84.9 Å². The summed E-state index contributed by atoms with van der Waals surface area (Å²) in [5.74, 6) is 1.41. The normalized spacial score (nSPS) is 14.1. The number of rotatable bonds is 10. The standard InChI is InChI=1S/C25H26N2O3/c28-25(24(26-20-11-12-20)18-29-17-19-7-3-1-4-8-19)27-21-13-15-23(16-14-21)30-22-9-5-2-6-10-22/h1-10,13-16,20,24,26H,11-12,17-18H2,(H,27,28). The van der Waals surface area contributed by atoms with Crippen molar-refractivity contribution in [2.45, 2.75) is 31.5 Å². The van der Waals surface area contributed by atoms with Crippen LogP contribution >= 0.6 is 0 Å². The van der Waals surface area contributed by atoms with E-state index in [1.807, 2.05) is 84.9 Å². The van der Waals surface area contributed by atoms with Crippen molar-refractivity contribution in [3.8, 4) is 11.5 Å². The van der Waals surface area contributed by atoms with Gasteiger partial charge in [0, 0.05) is 11.7 Å². The zero-order valence-electron chi connectivity index (χ0n) is 16.8. The molecular formula is C25H26N2O3. The molecule has 4 rings (SSSR count). The minimum absolute atomic E-state index is 0.0910. The number of hydrogen-bond donors (Lipinski definition) is 2. The van der Waals surface area contributed by atoms with E-state index in [0.717, 1.165) is 35.6 Å². The summed E-state index contributed by atoms with van der Waals surface area (Å²) in [5, 5.41) is 6.36. The van der Waals surface area contributed by atoms with Crippen molar-refractivity contribution in [2.75, 3.05) is 11.9 Å². The number of benzene rings is 3. The molecule has 0 spiro atoms. The average Bonchev–Trinajstić information content (AvgIpc) is 3.60. The molecule has 1 amide bonds. The maximum absolute atomic E-state index is 12.8.